The summed E-state index contributed by atoms with van der Waals surface area (Å²) < 4.78 is 2.28. The maximum Gasteiger partial charge on any atom is 0.0662 e. The highest BCUT2D eigenvalue weighted by Gasteiger charge is 2.26. The zero-order valence-corrected chi connectivity index (χ0v) is 13.8. The van der Waals surface area contributed by atoms with E-state index in [1.54, 1.807) is 0 Å². The number of hydrogen-bond donors (Lipinski definition) is 0. The fourth-order valence-electron chi connectivity index (χ4n) is 3.76. The number of fused-ring (bicyclic) bond motifs is 1. The van der Waals surface area contributed by atoms with Crippen LogP contribution in [0.25, 0.3) is 0 Å². The van der Waals surface area contributed by atoms with E-state index in [1.165, 1.54) is 49.5 Å². The number of rotatable bonds is 5. The predicted molar refractivity (Wildman–Crippen MR) is 90.0 cm³/mol. The number of nitrogens with zero attached hydrogens (tertiary/aromatic N) is 4. The summed E-state index contributed by atoms with van der Waals surface area (Å²) >= 11 is 1.86. The summed E-state index contributed by atoms with van der Waals surface area (Å²) in [7, 11) is 0. The quantitative estimate of drug-likeness (QED) is 0.847. The van der Waals surface area contributed by atoms with E-state index in [2.05, 4.69) is 43.2 Å². The molecule has 1 atom stereocenters. The van der Waals surface area contributed by atoms with Crippen molar-refractivity contribution < 1.29 is 0 Å². The zero-order chi connectivity index (χ0) is 14.8. The molecule has 0 N–H and O–H groups in total. The Morgan fingerprint density at radius 3 is 2.91 bits per heavy atom. The minimum atomic E-state index is 0.527. The van der Waals surface area contributed by atoms with E-state index in [0.717, 1.165) is 19.6 Å². The Balaban J connectivity index is 1.43. The molecule has 4 nitrogen and oxygen atoms in total. The molecule has 0 spiro atoms. The van der Waals surface area contributed by atoms with Crippen LogP contribution in [0.3, 0.4) is 0 Å². The maximum absolute atomic E-state index is 4.59. The second-order valence-corrected chi connectivity index (χ2v) is 7.54. The Morgan fingerprint density at radius 1 is 1.18 bits per heavy atom. The molecule has 118 valence electrons. The van der Waals surface area contributed by atoms with Gasteiger partial charge in [-0.1, -0.05) is 6.07 Å². The van der Waals surface area contributed by atoms with Crippen molar-refractivity contribution in [2.45, 2.75) is 38.4 Å². The van der Waals surface area contributed by atoms with Gasteiger partial charge in [0.25, 0.3) is 0 Å². The van der Waals surface area contributed by atoms with Crippen molar-refractivity contribution in [3.05, 3.63) is 40.3 Å². The lowest BCUT2D eigenvalue weighted by Gasteiger charge is -2.34. The SMILES string of the molecule is c1csc(CN2Cc3ccnn3[C@H](CCN3CCCC3)C2)c1. The van der Waals surface area contributed by atoms with Gasteiger partial charge in [-0.05, 0) is 49.9 Å². The Labute approximate surface area is 136 Å². The highest BCUT2D eigenvalue weighted by Crippen LogP contribution is 2.26. The smallest absolute Gasteiger partial charge is 0.0662 e. The molecular weight excluding hydrogens is 292 g/mol. The van der Waals surface area contributed by atoms with Gasteiger partial charge in [-0.2, -0.15) is 5.10 Å². The molecule has 0 saturated carbocycles. The number of likely N-dealkylation sites (tertiary alicyclic amines) is 1. The predicted octanol–water partition coefficient (Wildman–Crippen LogP) is 2.99. The first-order valence-electron chi connectivity index (χ1n) is 8.38. The molecule has 1 saturated heterocycles. The van der Waals surface area contributed by atoms with Gasteiger partial charge in [-0.3, -0.25) is 9.58 Å². The lowest BCUT2D eigenvalue weighted by atomic mass is 10.1. The molecule has 1 fully saturated rings. The normalized spacial score (nSPS) is 23.0. The van der Waals surface area contributed by atoms with Gasteiger partial charge in [0.1, 0.15) is 0 Å². The van der Waals surface area contributed by atoms with Gasteiger partial charge >= 0.3 is 0 Å². The molecule has 4 rings (SSSR count). The summed E-state index contributed by atoms with van der Waals surface area (Å²) in [5.41, 5.74) is 1.37. The standard InChI is InChI=1S/C17H24N4S/c1-2-9-19(8-1)10-6-16-13-20(14-17-4-3-11-22-17)12-15-5-7-18-21(15)16/h3-5,7,11,16H,1-2,6,8-10,12-14H2/t16-/m1/s1. The topological polar surface area (TPSA) is 24.3 Å². The first-order valence-corrected chi connectivity index (χ1v) is 9.26. The lowest BCUT2D eigenvalue weighted by molar-refractivity contribution is 0.153. The van der Waals surface area contributed by atoms with Gasteiger partial charge in [-0.15, -0.1) is 11.3 Å². The Kier molecular flexibility index (Phi) is 4.28. The summed E-state index contributed by atoms with van der Waals surface area (Å²) in [6.45, 7) is 7.02. The van der Waals surface area contributed by atoms with Crippen molar-refractivity contribution in [3.8, 4) is 0 Å². The van der Waals surface area contributed by atoms with Gasteiger partial charge in [0, 0.05) is 37.3 Å². The molecule has 2 aromatic heterocycles. The highest BCUT2D eigenvalue weighted by molar-refractivity contribution is 7.09. The fourth-order valence-corrected chi connectivity index (χ4v) is 4.51. The van der Waals surface area contributed by atoms with Crippen LogP contribution in [0, 0.1) is 0 Å². The third-order valence-electron chi connectivity index (χ3n) is 4.89. The molecule has 0 bridgehead atoms. The average molecular weight is 316 g/mol. The van der Waals surface area contributed by atoms with E-state index in [-0.39, 0.29) is 0 Å². The van der Waals surface area contributed by atoms with Crippen molar-refractivity contribution in [1.29, 1.82) is 0 Å². The molecule has 0 aliphatic carbocycles. The van der Waals surface area contributed by atoms with Crippen molar-refractivity contribution in [2.75, 3.05) is 26.2 Å². The van der Waals surface area contributed by atoms with Crippen molar-refractivity contribution >= 4 is 11.3 Å². The molecule has 0 aromatic carbocycles. The molecular formula is C17H24N4S. The van der Waals surface area contributed by atoms with E-state index in [9.17, 15) is 0 Å². The number of aromatic nitrogens is 2. The summed E-state index contributed by atoms with van der Waals surface area (Å²) in [5.74, 6) is 0. The van der Waals surface area contributed by atoms with Crippen molar-refractivity contribution in [3.63, 3.8) is 0 Å². The third-order valence-corrected chi connectivity index (χ3v) is 5.75. The third kappa shape index (κ3) is 3.12. The van der Waals surface area contributed by atoms with E-state index < -0.39 is 0 Å². The molecule has 0 radical (unpaired) electrons. The van der Waals surface area contributed by atoms with Gasteiger partial charge in [0.2, 0.25) is 0 Å². The summed E-state index contributed by atoms with van der Waals surface area (Å²) in [5, 5.41) is 6.76. The van der Waals surface area contributed by atoms with Crippen LogP contribution in [0.1, 0.15) is 35.9 Å². The number of hydrogen-bond acceptors (Lipinski definition) is 4. The minimum absolute atomic E-state index is 0.527. The van der Waals surface area contributed by atoms with Crippen LogP contribution in [-0.2, 0) is 13.1 Å². The second-order valence-electron chi connectivity index (χ2n) is 6.51. The van der Waals surface area contributed by atoms with Crippen LogP contribution < -0.4 is 0 Å². The molecule has 2 aliphatic heterocycles. The minimum Gasteiger partial charge on any atom is -0.303 e. The summed E-state index contributed by atoms with van der Waals surface area (Å²) in [6.07, 6.45) is 5.94. The zero-order valence-electron chi connectivity index (χ0n) is 13.0. The molecule has 0 amide bonds. The Hall–Kier alpha value is -1.17. The largest absolute Gasteiger partial charge is 0.303 e. The van der Waals surface area contributed by atoms with E-state index in [0.29, 0.717) is 6.04 Å². The van der Waals surface area contributed by atoms with Crippen LogP contribution >= 0.6 is 11.3 Å². The highest BCUT2D eigenvalue weighted by atomic mass is 32.1. The van der Waals surface area contributed by atoms with Crippen LogP contribution in [0.5, 0.6) is 0 Å². The molecule has 4 heterocycles. The lowest BCUT2D eigenvalue weighted by Crippen LogP contribution is -2.38. The van der Waals surface area contributed by atoms with E-state index >= 15 is 0 Å². The van der Waals surface area contributed by atoms with Gasteiger partial charge < -0.3 is 4.90 Å². The van der Waals surface area contributed by atoms with Crippen molar-refractivity contribution in [2.24, 2.45) is 0 Å². The molecule has 22 heavy (non-hydrogen) atoms. The number of thiophene rings is 1. The van der Waals surface area contributed by atoms with Gasteiger partial charge in [-0.25, -0.2) is 0 Å². The van der Waals surface area contributed by atoms with Crippen molar-refractivity contribution in [1.82, 2.24) is 19.6 Å². The summed E-state index contributed by atoms with van der Waals surface area (Å²) in [4.78, 5) is 6.66. The average Bonchev–Trinajstić information content (AvgIpc) is 3.27. The monoisotopic (exact) mass is 316 g/mol. The van der Waals surface area contributed by atoms with Crippen LogP contribution in [-0.4, -0.2) is 45.8 Å². The van der Waals surface area contributed by atoms with Gasteiger partial charge in [0.05, 0.1) is 11.7 Å². The van der Waals surface area contributed by atoms with Crippen LogP contribution in [0.4, 0.5) is 0 Å². The second kappa shape index (κ2) is 6.52. The first kappa shape index (κ1) is 14.4. The van der Waals surface area contributed by atoms with E-state index in [1.807, 2.05) is 17.5 Å². The van der Waals surface area contributed by atoms with Crippen LogP contribution in [0.15, 0.2) is 29.8 Å². The Morgan fingerprint density at radius 2 is 2.09 bits per heavy atom. The maximum atomic E-state index is 4.59. The Bertz CT molecular complexity index is 586. The summed E-state index contributed by atoms with van der Waals surface area (Å²) in [6, 6.07) is 7.11. The molecule has 5 heteroatoms. The van der Waals surface area contributed by atoms with E-state index in [4.69, 9.17) is 0 Å². The molecule has 2 aromatic rings. The molecule has 2 aliphatic rings. The van der Waals surface area contributed by atoms with Gasteiger partial charge in [0.15, 0.2) is 0 Å². The molecule has 0 unspecified atom stereocenters. The first-order chi connectivity index (χ1) is 10.9. The fraction of sp³-hybridized carbons (Fsp3) is 0.588. The van der Waals surface area contributed by atoms with Crippen LogP contribution in [0.2, 0.25) is 0 Å².